The summed E-state index contributed by atoms with van der Waals surface area (Å²) in [6.45, 7) is 0.565. The molecule has 1 aromatic carbocycles. The maximum atomic E-state index is 10.9. The minimum Gasteiger partial charge on any atom is -0.388 e. The number of rotatable bonds is 3. The van der Waals surface area contributed by atoms with Crippen molar-refractivity contribution in [2.45, 2.75) is 31.8 Å². The molecule has 4 heteroatoms. The Morgan fingerprint density at radius 1 is 1.47 bits per heavy atom. The van der Waals surface area contributed by atoms with Crippen LogP contribution in [0, 0.1) is 17.3 Å². The minimum atomic E-state index is -0.485. The van der Waals surface area contributed by atoms with Crippen molar-refractivity contribution in [2.75, 3.05) is 6.54 Å². The second-order valence-electron chi connectivity index (χ2n) is 6.09. The van der Waals surface area contributed by atoms with Crippen LogP contribution in [0.4, 0.5) is 0 Å². The Hall–Kier alpha value is -0.0900. The zero-order chi connectivity index (χ0) is 13.6. The number of aliphatic hydroxyl groups excluding tert-OH is 1. The van der Waals surface area contributed by atoms with Crippen molar-refractivity contribution in [3.05, 3.63) is 33.3 Å². The lowest BCUT2D eigenvalue weighted by atomic mass is 9.67. The topological polar surface area (TPSA) is 46.2 Å². The van der Waals surface area contributed by atoms with Crippen molar-refractivity contribution in [3.63, 3.8) is 0 Å². The summed E-state index contributed by atoms with van der Waals surface area (Å²) in [5.41, 5.74) is 6.86. The van der Waals surface area contributed by atoms with Crippen LogP contribution >= 0.6 is 27.5 Å². The summed E-state index contributed by atoms with van der Waals surface area (Å²) in [6.07, 6.45) is 4.34. The molecule has 2 bridgehead atoms. The largest absolute Gasteiger partial charge is 0.388 e. The third kappa shape index (κ3) is 2.15. The van der Waals surface area contributed by atoms with Gasteiger partial charge < -0.3 is 10.8 Å². The monoisotopic (exact) mass is 343 g/mol. The van der Waals surface area contributed by atoms with Gasteiger partial charge in [-0.2, -0.15) is 0 Å². The van der Waals surface area contributed by atoms with Crippen molar-refractivity contribution in [2.24, 2.45) is 23.0 Å². The van der Waals surface area contributed by atoms with E-state index in [-0.39, 0.29) is 5.41 Å². The van der Waals surface area contributed by atoms with E-state index in [0.29, 0.717) is 17.5 Å². The van der Waals surface area contributed by atoms with Gasteiger partial charge >= 0.3 is 0 Å². The van der Waals surface area contributed by atoms with Gasteiger partial charge in [-0.05, 0) is 64.7 Å². The number of halogens is 2. The van der Waals surface area contributed by atoms with Crippen LogP contribution in [0.1, 0.15) is 37.4 Å². The zero-order valence-corrected chi connectivity index (χ0v) is 13.1. The second kappa shape index (κ2) is 5.03. The zero-order valence-electron chi connectivity index (χ0n) is 10.8. The molecule has 0 spiro atoms. The normalized spacial score (nSPS) is 34.7. The first-order valence-electron chi connectivity index (χ1n) is 6.90. The molecule has 2 aliphatic rings. The van der Waals surface area contributed by atoms with Gasteiger partial charge in [-0.1, -0.05) is 24.1 Å². The SMILES string of the molecule is NCC1(C(O)c2ccc(Cl)c(Br)c2)CC2CCC1C2. The summed E-state index contributed by atoms with van der Waals surface area (Å²) >= 11 is 9.45. The fourth-order valence-corrected chi connectivity index (χ4v) is 4.71. The first-order valence-corrected chi connectivity index (χ1v) is 8.07. The van der Waals surface area contributed by atoms with Crippen molar-refractivity contribution in [3.8, 4) is 0 Å². The maximum Gasteiger partial charge on any atom is 0.0861 e. The second-order valence-corrected chi connectivity index (χ2v) is 7.36. The molecule has 0 heterocycles. The van der Waals surface area contributed by atoms with Gasteiger partial charge in [-0.3, -0.25) is 0 Å². The highest BCUT2D eigenvalue weighted by Crippen LogP contribution is 2.60. The van der Waals surface area contributed by atoms with E-state index in [2.05, 4.69) is 15.9 Å². The van der Waals surface area contributed by atoms with Crippen LogP contribution in [-0.4, -0.2) is 11.7 Å². The van der Waals surface area contributed by atoms with Gasteiger partial charge in [0.1, 0.15) is 0 Å². The van der Waals surface area contributed by atoms with Gasteiger partial charge in [0.25, 0.3) is 0 Å². The van der Waals surface area contributed by atoms with Crippen molar-refractivity contribution in [1.82, 2.24) is 0 Å². The minimum absolute atomic E-state index is 0.129. The van der Waals surface area contributed by atoms with Gasteiger partial charge in [0.2, 0.25) is 0 Å². The molecule has 1 aromatic rings. The standard InChI is InChI=1S/C15H19BrClNO/c16-12-6-10(2-4-13(12)17)14(19)15(8-18)7-9-1-3-11(15)5-9/h2,4,6,9,11,14,19H,1,3,5,7-8,18H2. The molecule has 2 aliphatic carbocycles. The molecule has 2 saturated carbocycles. The number of benzene rings is 1. The van der Waals surface area contributed by atoms with E-state index >= 15 is 0 Å². The fraction of sp³-hybridized carbons (Fsp3) is 0.600. The Kier molecular flexibility index (Phi) is 3.67. The molecular formula is C15H19BrClNO. The van der Waals surface area contributed by atoms with E-state index < -0.39 is 6.10 Å². The first-order chi connectivity index (χ1) is 9.06. The Morgan fingerprint density at radius 3 is 2.79 bits per heavy atom. The molecule has 3 rings (SSSR count). The Balaban J connectivity index is 1.93. The number of fused-ring (bicyclic) bond motifs is 2. The van der Waals surface area contributed by atoms with Crippen molar-refractivity contribution < 1.29 is 5.11 Å². The molecule has 0 aromatic heterocycles. The third-order valence-electron chi connectivity index (χ3n) is 5.21. The molecule has 3 N–H and O–H groups in total. The predicted molar refractivity (Wildman–Crippen MR) is 81.0 cm³/mol. The summed E-state index contributed by atoms with van der Waals surface area (Å²) in [4.78, 5) is 0. The highest BCUT2D eigenvalue weighted by molar-refractivity contribution is 9.10. The molecule has 104 valence electrons. The lowest BCUT2D eigenvalue weighted by Gasteiger charge is -2.41. The Labute approximate surface area is 127 Å². The number of hydrogen-bond donors (Lipinski definition) is 2. The van der Waals surface area contributed by atoms with Crippen LogP contribution in [-0.2, 0) is 0 Å². The van der Waals surface area contributed by atoms with Gasteiger partial charge in [-0.15, -0.1) is 0 Å². The molecular weight excluding hydrogens is 326 g/mol. The molecule has 0 radical (unpaired) electrons. The molecule has 0 amide bonds. The van der Waals surface area contributed by atoms with E-state index in [4.69, 9.17) is 17.3 Å². The van der Waals surface area contributed by atoms with Crippen LogP contribution in [0.5, 0.6) is 0 Å². The van der Waals surface area contributed by atoms with Crippen LogP contribution in [0.25, 0.3) is 0 Å². The third-order valence-corrected chi connectivity index (χ3v) is 6.42. The van der Waals surface area contributed by atoms with Crippen LogP contribution < -0.4 is 5.73 Å². The molecule has 4 atom stereocenters. The van der Waals surface area contributed by atoms with Gasteiger partial charge in [0.15, 0.2) is 0 Å². The average molecular weight is 345 g/mol. The average Bonchev–Trinajstić information content (AvgIpc) is 3.02. The van der Waals surface area contributed by atoms with Crippen molar-refractivity contribution >= 4 is 27.5 Å². The molecule has 2 nitrogen and oxygen atoms in total. The maximum absolute atomic E-state index is 10.9. The highest BCUT2D eigenvalue weighted by atomic mass is 79.9. The molecule has 0 saturated heterocycles. The van der Waals surface area contributed by atoms with E-state index in [1.54, 1.807) is 0 Å². The summed E-state index contributed by atoms with van der Waals surface area (Å²) in [6, 6.07) is 5.68. The fourth-order valence-electron chi connectivity index (χ4n) is 4.20. The smallest absolute Gasteiger partial charge is 0.0861 e. The van der Waals surface area contributed by atoms with Crippen molar-refractivity contribution in [1.29, 1.82) is 0 Å². The number of aliphatic hydroxyl groups is 1. The van der Waals surface area contributed by atoms with E-state index in [9.17, 15) is 5.11 Å². The molecule has 4 unspecified atom stereocenters. The lowest BCUT2D eigenvalue weighted by molar-refractivity contribution is -0.0130. The van der Waals surface area contributed by atoms with Crippen LogP contribution in [0.3, 0.4) is 0 Å². The van der Waals surface area contributed by atoms with E-state index in [1.165, 1.54) is 19.3 Å². The quantitative estimate of drug-likeness (QED) is 0.873. The first kappa shape index (κ1) is 13.9. The lowest BCUT2D eigenvalue weighted by Crippen LogP contribution is -2.41. The predicted octanol–water partition coefficient (Wildman–Crippen LogP) is 3.90. The van der Waals surface area contributed by atoms with E-state index in [0.717, 1.165) is 22.4 Å². The van der Waals surface area contributed by atoms with Crippen LogP contribution in [0.2, 0.25) is 5.02 Å². The highest BCUT2D eigenvalue weighted by Gasteiger charge is 2.54. The van der Waals surface area contributed by atoms with Gasteiger partial charge in [0, 0.05) is 16.4 Å². The number of nitrogens with two attached hydrogens (primary N) is 1. The summed E-state index contributed by atoms with van der Waals surface area (Å²) < 4.78 is 0.834. The van der Waals surface area contributed by atoms with Gasteiger partial charge in [-0.25, -0.2) is 0 Å². The number of hydrogen-bond acceptors (Lipinski definition) is 2. The molecule has 0 aliphatic heterocycles. The summed E-state index contributed by atoms with van der Waals surface area (Å²) in [7, 11) is 0. The molecule has 19 heavy (non-hydrogen) atoms. The molecule has 2 fully saturated rings. The summed E-state index contributed by atoms with van der Waals surface area (Å²) in [5.74, 6) is 1.34. The summed E-state index contributed by atoms with van der Waals surface area (Å²) in [5, 5.41) is 11.5. The van der Waals surface area contributed by atoms with Crippen LogP contribution in [0.15, 0.2) is 22.7 Å². The van der Waals surface area contributed by atoms with E-state index in [1.807, 2.05) is 18.2 Å². The van der Waals surface area contributed by atoms with Gasteiger partial charge in [0.05, 0.1) is 11.1 Å². The Morgan fingerprint density at radius 2 is 2.26 bits per heavy atom. The Bertz CT molecular complexity index is 495.